The van der Waals surface area contributed by atoms with Crippen LogP contribution in [0.25, 0.3) is 0 Å². The summed E-state index contributed by atoms with van der Waals surface area (Å²) in [7, 11) is 0. The summed E-state index contributed by atoms with van der Waals surface area (Å²) in [4.78, 5) is 13.7. The smallest absolute Gasteiger partial charge is 0.317 e. The topological polar surface area (TPSA) is 32.3 Å². The Morgan fingerprint density at radius 3 is 2.53 bits per heavy atom. The van der Waals surface area contributed by atoms with Crippen LogP contribution in [0.2, 0.25) is 0 Å². The second-order valence-electron chi connectivity index (χ2n) is 3.99. The Balaban J connectivity index is 2.19. The zero-order chi connectivity index (χ0) is 10.9. The van der Waals surface area contributed by atoms with Crippen molar-refractivity contribution in [3.8, 4) is 0 Å². The van der Waals surface area contributed by atoms with Crippen molar-refractivity contribution in [3.63, 3.8) is 0 Å². The average molecular weight is 210 g/mol. The molecule has 0 aliphatic carbocycles. The van der Waals surface area contributed by atoms with Gasteiger partial charge in [-0.3, -0.25) is 0 Å². The fourth-order valence-electron chi connectivity index (χ4n) is 1.81. The van der Waals surface area contributed by atoms with Gasteiger partial charge < -0.3 is 10.2 Å². The molecule has 0 aromatic heterocycles. The number of hydrogen-bond donors (Lipinski definition) is 1. The van der Waals surface area contributed by atoms with E-state index in [1.165, 1.54) is 12.8 Å². The molecule has 1 heterocycles. The van der Waals surface area contributed by atoms with E-state index in [0.717, 1.165) is 38.9 Å². The number of amides is 2. The molecule has 0 unspecified atom stereocenters. The lowest BCUT2D eigenvalue weighted by Crippen LogP contribution is -2.40. The maximum absolute atomic E-state index is 11.7. The summed E-state index contributed by atoms with van der Waals surface area (Å²) in [6.07, 6.45) is 9.85. The third-order valence-corrected chi connectivity index (χ3v) is 2.72. The zero-order valence-electron chi connectivity index (χ0n) is 9.67. The molecular formula is C12H22N2O. The van der Waals surface area contributed by atoms with Crippen LogP contribution in [0.15, 0.2) is 12.2 Å². The largest absolute Gasteiger partial charge is 0.338 e. The lowest BCUT2D eigenvalue weighted by molar-refractivity contribution is 0.200. The maximum atomic E-state index is 11.7. The van der Waals surface area contributed by atoms with Gasteiger partial charge in [0.05, 0.1) is 0 Å². The van der Waals surface area contributed by atoms with Crippen LogP contribution in [0.1, 0.15) is 39.0 Å². The Labute approximate surface area is 92.5 Å². The molecule has 1 saturated heterocycles. The number of rotatable bonds is 3. The molecule has 1 N–H and O–H groups in total. The van der Waals surface area contributed by atoms with Gasteiger partial charge in [0.1, 0.15) is 0 Å². The van der Waals surface area contributed by atoms with Gasteiger partial charge in [-0.1, -0.05) is 25.0 Å². The summed E-state index contributed by atoms with van der Waals surface area (Å²) in [5, 5.41) is 2.95. The van der Waals surface area contributed by atoms with Crippen LogP contribution in [0.5, 0.6) is 0 Å². The minimum absolute atomic E-state index is 0.112. The zero-order valence-corrected chi connectivity index (χ0v) is 9.67. The second kappa shape index (κ2) is 7.32. The third-order valence-electron chi connectivity index (χ3n) is 2.72. The summed E-state index contributed by atoms with van der Waals surface area (Å²) in [6, 6.07) is 0.112. The molecule has 0 aromatic rings. The molecule has 0 spiro atoms. The van der Waals surface area contributed by atoms with Crippen LogP contribution in [-0.2, 0) is 0 Å². The maximum Gasteiger partial charge on any atom is 0.317 e. The number of hydrogen-bond acceptors (Lipinski definition) is 1. The molecule has 1 rings (SSSR count). The fourth-order valence-corrected chi connectivity index (χ4v) is 1.81. The molecule has 0 radical (unpaired) electrons. The van der Waals surface area contributed by atoms with Crippen molar-refractivity contribution in [1.29, 1.82) is 0 Å². The van der Waals surface area contributed by atoms with E-state index in [1.807, 2.05) is 17.9 Å². The van der Waals surface area contributed by atoms with Crippen LogP contribution >= 0.6 is 0 Å². The van der Waals surface area contributed by atoms with Crippen molar-refractivity contribution in [2.24, 2.45) is 0 Å². The second-order valence-corrected chi connectivity index (χ2v) is 3.99. The Hall–Kier alpha value is -0.990. The van der Waals surface area contributed by atoms with Crippen molar-refractivity contribution in [2.75, 3.05) is 19.6 Å². The number of likely N-dealkylation sites (tertiary alicyclic amines) is 1. The van der Waals surface area contributed by atoms with Crippen LogP contribution < -0.4 is 5.32 Å². The number of nitrogens with one attached hydrogen (secondary N) is 1. The first kappa shape index (κ1) is 12.1. The standard InChI is InChI=1S/C12H22N2O/c1-2-3-6-9-13-12(15)14-10-7-4-5-8-11-14/h2-3H,4-11H2,1H3,(H,13,15)/b3-2+. The summed E-state index contributed by atoms with van der Waals surface area (Å²) in [5.74, 6) is 0. The minimum Gasteiger partial charge on any atom is -0.338 e. The van der Waals surface area contributed by atoms with Crippen LogP contribution in [-0.4, -0.2) is 30.6 Å². The molecular weight excluding hydrogens is 188 g/mol. The fraction of sp³-hybridized carbons (Fsp3) is 0.750. The van der Waals surface area contributed by atoms with Gasteiger partial charge in [0.2, 0.25) is 0 Å². The summed E-state index contributed by atoms with van der Waals surface area (Å²) >= 11 is 0. The van der Waals surface area contributed by atoms with Crippen molar-refractivity contribution >= 4 is 6.03 Å². The molecule has 1 aliphatic heterocycles. The first-order chi connectivity index (χ1) is 7.34. The molecule has 0 bridgehead atoms. The number of nitrogens with zero attached hydrogens (tertiary/aromatic N) is 1. The van der Waals surface area contributed by atoms with E-state index in [-0.39, 0.29) is 6.03 Å². The van der Waals surface area contributed by atoms with Gasteiger partial charge >= 0.3 is 6.03 Å². The molecule has 3 nitrogen and oxygen atoms in total. The Bertz CT molecular complexity index is 206. The highest BCUT2D eigenvalue weighted by Gasteiger charge is 2.13. The number of urea groups is 1. The summed E-state index contributed by atoms with van der Waals surface area (Å²) in [5.41, 5.74) is 0. The molecule has 0 atom stereocenters. The Morgan fingerprint density at radius 2 is 1.93 bits per heavy atom. The van der Waals surface area contributed by atoms with E-state index in [4.69, 9.17) is 0 Å². The molecule has 1 fully saturated rings. The molecule has 86 valence electrons. The Kier molecular flexibility index (Phi) is 5.90. The molecule has 0 aromatic carbocycles. The molecule has 2 amide bonds. The van der Waals surface area contributed by atoms with E-state index in [9.17, 15) is 4.79 Å². The number of carbonyl (C=O) groups is 1. The molecule has 15 heavy (non-hydrogen) atoms. The SMILES string of the molecule is C/C=C/CCNC(=O)N1CCCCCC1. The van der Waals surface area contributed by atoms with Gasteiger partial charge in [0.15, 0.2) is 0 Å². The van der Waals surface area contributed by atoms with Crippen LogP contribution in [0.4, 0.5) is 4.79 Å². The lowest BCUT2D eigenvalue weighted by Gasteiger charge is -2.20. The van der Waals surface area contributed by atoms with Crippen molar-refractivity contribution in [3.05, 3.63) is 12.2 Å². The highest BCUT2D eigenvalue weighted by atomic mass is 16.2. The summed E-state index contributed by atoms with van der Waals surface area (Å²) in [6.45, 7) is 4.60. The predicted octanol–water partition coefficient (Wildman–Crippen LogP) is 2.54. The molecule has 0 saturated carbocycles. The van der Waals surface area contributed by atoms with Crippen molar-refractivity contribution < 1.29 is 4.79 Å². The highest BCUT2D eigenvalue weighted by molar-refractivity contribution is 5.74. The first-order valence-electron chi connectivity index (χ1n) is 5.98. The molecule has 3 heteroatoms. The van der Waals surface area contributed by atoms with Gasteiger partial charge in [-0.25, -0.2) is 4.79 Å². The van der Waals surface area contributed by atoms with Gasteiger partial charge in [-0.05, 0) is 26.2 Å². The predicted molar refractivity (Wildman–Crippen MR) is 62.9 cm³/mol. The normalized spacial score (nSPS) is 17.8. The van der Waals surface area contributed by atoms with E-state index in [2.05, 4.69) is 11.4 Å². The van der Waals surface area contributed by atoms with Crippen LogP contribution in [0, 0.1) is 0 Å². The summed E-state index contributed by atoms with van der Waals surface area (Å²) < 4.78 is 0. The van der Waals surface area contributed by atoms with E-state index in [1.54, 1.807) is 0 Å². The quantitative estimate of drug-likeness (QED) is 0.563. The van der Waals surface area contributed by atoms with Gasteiger partial charge in [-0.15, -0.1) is 0 Å². The third kappa shape index (κ3) is 4.86. The number of allylic oxidation sites excluding steroid dienone is 1. The monoisotopic (exact) mass is 210 g/mol. The van der Waals surface area contributed by atoms with E-state index >= 15 is 0 Å². The van der Waals surface area contributed by atoms with E-state index < -0.39 is 0 Å². The van der Waals surface area contributed by atoms with Crippen molar-refractivity contribution in [1.82, 2.24) is 10.2 Å². The first-order valence-corrected chi connectivity index (χ1v) is 5.98. The Morgan fingerprint density at radius 1 is 1.27 bits per heavy atom. The van der Waals surface area contributed by atoms with E-state index in [0.29, 0.717) is 0 Å². The van der Waals surface area contributed by atoms with Gasteiger partial charge in [0.25, 0.3) is 0 Å². The number of carbonyl (C=O) groups excluding carboxylic acids is 1. The highest BCUT2D eigenvalue weighted by Crippen LogP contribution is 2.09. The van der Waals surface area contributed by atoms with Crippen LogP contribution in [0.3, 0.4) is 0 Å². The van der Waals surface area contributed by atoms with Gasteiger partial charge in [0, 0.05) is 19.6 Å². The van der Waals surface area contributed by atoms with Crippen molar-refractivity contribution in [2.45, 2.75) is 39.0 Å². The van der Waals surface area contributed by atoms with Gasteiger partial charge in [-0.2, -0.15) is 0 Å². The lowest BCUT2D eigenvalue weighted by atomic mass is 10.2. The minimum atomic E-state index is 0.112. The average Bonchev–Trinajstić information content (AvgIpc) is 2.52. The molecule has 1 aliphatic rings.